The van der Waals surface area contributed by atoms with Crippen molar-refractivity contribution in [1.29, 1.82) is 0 Å². The lowest BCUT2D eigenvalue weighted by atomic mass is 10.1. The van der Waals surface area contributed by atoms with E-state index in [0.717, 1.165) is 0 Å². The maximum Gasteiger partial charge on any atom is 0.180 e. The molecule has 0 atom stereocenters. The molecule has 1 N–H and O–H groups in total. The monoisotopic (exact) mass is 223 g/mol. The van der Waals surface area contributed by atoms with Crippen molar-refractivity contribution in [3.8, 4) is 11.5 Å². The normalized spacial score (nSPS) is 9.94. The number of benzene rings is 1. The van der Waals surface area contributed by atoms with Crippen LogP contribution < -0.4 is 14.8 Å². The summed E-state index contributed by atoms with van der Waals surface area (Å²) in [6.07, 6.45) is 0. The molecule has 0 heterocycles. The number of Topliss-reactive ketones (excluding diaryl/α,β-unsaturated/α-hetero) is 1. The molecule has 88 valence electrons. The SMILES string of the molecule is CCOc1cc(OC)ccc1C(=O)CNC. The van der Waals surface area contributed by atoms with Crippen molar-refractivity contribution in [1.82, 2.24) is 5.32 Å². The Labute approximate surface area is 95.6 Å². The van der Waals surface area contributed by atoms with Crippen LogP contribution in [-0.2, 0) is 0 Å². The fraction of sp³-hybridized carbons (Fsp3) is 0.417. The molecule has 0 bridgehead atoms. The van der Waals surface area contributed by atoms with Crippen LogP contribution in [-0.4, -0.2) is 33.1 Å². The smallest absolute Gasteiger partial charge is 0.180 e. The third kappa shape index (κ3) is 2.97. The highest BCUT2D eigenvalue weighted by molar-refractivity contribution is 6.00. The van der Waals surface area contributed by atoms with Gasteiger partial charge < -0.3 is 14.8 Å². The Bertz CT molecular complexity index is 363. The predicted molar refractivity (Wildman–Crippen MR) is 62.4 cm³/mol. The molecule has 16 heavy (non-hydrogen) atoms. The van der Waals surface area contributed by atoms with E-state index < -0.39 is 0 Å². The zero-order valence-corrected chi connectivity index (χ0v) is 9.87. The van der Waals surface area contributed by atoms with Gasteiger partial charge in [0.2, 0.25) is 0 Å². The van der Waals surface area contributed by atoms with E-state index in [2.05, 4.69) is 5.32 Å². The average molecular weight is 223 g/mol. The summed E-state index contributed by atoms with van der Waals surface area (Å²) in [5, 5.41) is 2.83. The summed E-state index contributed by atoms with van der Waals surface area (Å²) in [6.45, 7) is 2.70. The minimum atomic E-state index is 0.00797. The van der Waals surface area contributed by atoms with Crippen molar-refractivity contribution < 1.29 is 14.3 Å². The molecule has 0 aromatic heterocycles. The predicted octanol–water partition coefficient (Wildman–Crippen LogP) is 1.50. The van der Waals surface area contributed by atoms with Gasteiger partial charge in [0.1, 0.15) is 11.5 Å². The highest BCUT2D eigenvalue weighted by Crippen LogP contribution is 2.25. The second-order valence-corrected chi connectivity index (χ2v) is 3.25. The Balaban J connectivity index is 3.01. The number of ether oxygens (including phenoxy) is 2. The molecule has 4 heteroatoms. The molecule has 4 nitrogen and oxygen atoms in total. The zero-order chi connectivity index (χ0) is 12.0. The Morgan fingerprint density at radius 2 is 2.19 bits per heavy atom. The van der Waals surface area contributed by atoms with Crippen molar-refractivity contribution in [3.05, 3.63) is 23.8 Å². The minimum Gasteiger partial charge on any atom is -0.497 e. The number of rotatable bonds is 6. The maximum absolute atomic E-state index is 11.8. The van der Waals surface area contributed by atoms with Gasteiger partial charge in [0.25, 0.3) is 0 Å². The van der Waals surface area contributed by atoms with Gasteiger partial charge in [0.05, 0.1) is 25.8 Å². The van der Waals surface area contributed by atoms with Crippen LogP contribution in [0.3, 0.4) is 0 Å². The standard InChI is InChI=1S/C12H17NO3/c1-4-16-12-7-9(15-3)5-6-10(12)11(14)8-13-2/h5-7,13H,4,8H2,1-3H3. The molecule has 0 aliphatic heterocycles. The summed E-state index contributed by atoms with van der Waals surface area (Å²) in [5.74, 6) is 1.26. The van der Waals surface area contributed by atoms with Gasteiger partial charge in [-0.2, -0.15) is 0 Å². The molecule has 0 spiro atoms. The summed E-state index contributed by atoms with van der Waals surface area (Å²) < 4.78 is 10.5. The molecule has 0 saturated heterocycles. The van der Waals surface area contributed by atoms with Gasteiger partial charge in [-0.3, -0.25) is 4.79 Å². The summed E-state index contributed by atoms with van der Waals surface area (Å²) in [6, 6.07) is 5.21. The van der Waals surface area contributed by atoms with Crippen LogP contribution in [0.2, 0.25) is 0 Å². The highest BCUT2D eigenvalue weighted by atomic mass is 16.5. The molecule has 0 radical (unpaired) electrons. The van der Waals surface area contributed by atoms with E-state index >= 15 is 0 Å². The van der Waals surface area contributed by atoms with E-state index in [1.54, 1.807) is 32.4 Å². The Kier molecular flexibility index (Phi) is 4.79. The fourth-order valence-electron chi connectivity index (χ4n) is 1.39. The molecule has 1 aromatic carbocycles. The van der Waals surface area contributed by atoms with Gasteiger partial charge in [0.15, 0.2) is 5.78 Å². The molecule has 0 aliphatic carbocycles. The number of hydrogen-bond donors (Lipinski definition) is 1. The van der Waals surface area contributed by atoms with Crippen LogP contribution in [0.25, 0.3) is 0 Å². The van der Waals surface area contributed by atoms with Crippen LogP contribution in [0.15, 0.2) is 18.2 Å². The van der Waals surface area contributed by atoms with Gasteiger partial charge in [-0.05, 0) is 26.1 Å². The molecule has 0 amide bonds. The Morgan fingerprint density at radius 1 is 1.44 bits per heavy atom. The largest absolute Gasteiger partial charge is 0.497 e. The van der Waals surface area contributed by atoms with Crippen LogP contribution in [0.5, 0.6) is 11.5 Å². The number of carbonyl (C=O) groups is 1. The van der Waals surface area contributed by atoms with Gasteiger partial charge in [-0.1, -0.05) is 0 Å². The number of likely N-dealkylation sites (N-methyl/N-ethyl adjacent to an activating group) is 1. The van der Waals surface area contributed by atoms with Crippen molar-refractivity contribution in [3.63, 3.8) is 0 Å². The van der Waals surface area contributed by atoms with Crippen molar-refractivity contribution in [2.45, 2.75) is 6.92 Å². The van der Waals surface area contributed by atoms with Crippen molar-refractivity contribution >= 4 is 5.78 Å². The van der Waals surface area contributed by atoms with E-state index in [1.807, 2.05) is 6.92 Å². The van der Waals surface area contributed by atoms with Gasteiger partial charge in [-0.15, -0.1) is 0 Å². The number of hydrogen-bond acceptors (Lipinski definition) is 4. The van der Waals surface area contributed by atoms with Crippen LogP contribution in [0.1, 0.15) is 17.3 Å². The van der Waals surface area contributed by atoms with Crippen LogP contribution in [0.4, 0.5) is 0 Å². The molecular formula is C12H17NO3. The first-order valence-corrected chi connectivity index (χ1v) is 5.21. The molecule has 0 fully saturated rings. The molecule has 1 aromatic rings. The van der Waals surface area contributed by atoms with E-state index in [9.17, 15) is 4.79 Å². The third-order valence-corrected chi connectivity index (χ3v) is 2.13. The summed E-state index contributed by atoms with van der Waals surface area (Å²) in [7, 11) is 3.32. The number of nitrogens with one attached hydrogen (secondary N) is 1. The van der Waals surface area contributed by atoms with E-state index in [0.29, 0.717) is 30.2 Å². The van der Waals surface area contributed by atoms with Gasteiger partial charge in [0, 0.05) is 6.07 Å². The quantitative estimate of drug-likeness (QED) is 0.742. The minimum absolute atomic E-state index is 0.00797. The molecule has 1 rings (SSSR count). The first-order valence-electron chi connectivity index (χ1n) is 5.21. The van der Waals surface area contributed by atoms with Crippen molar-refractivity contribution in [2.24, 2.45) is 0 Å². The van der Waals surface area contributed by atoms with E-state index in [4.69, 9.17) is 9.47 Å². The number of methoxy groups -OCH3 is 1. The molecule has 0 aliphatic rings. The summed E-state index contributed by atoms with van der Waals surface area (Å²) in [5.41, 5.74) is 0.581. The second kappa shape index (κ2) is 6.12. The van der Waals surface area contributed by atoms with Gasteiger partial charge >= 0.3 is 0 Å². The van der Waals surface area contributed by atoms with Crippen LogP contribution in [0, 0.1) is 0 Å². The zero-order valence-electron chi connectivity index (χ0n) is 9.87. The topological polar surface area (TPSA) is 47.6 Å². The van der Waals surface area contributed by atoms with E-state index in [1.165, 1.54) is 0 Å². The lowest BCUT2D eigenvalue weighted by Gasteiger charge is -2.10. The molecule has 0 unspecified atom stereocenters. The lowest BCUT2D eigenvalue weighted by molar-refractivity contribution is 0.0990. The van der Waals surface area contributed by atoms with Crippen molar-refractivity contribution in [2.75, 3.05) is 27.3 Å². The number of ketones is 1. The molecular weight excluding hydrogens is 206 g/mol. The first kappa shape index (κ1) is 12.5. The number of carbonyl (C=O) groups excluding carboxylic acids is 1. The Hall–Kier alpha value is -1.55. The highest BCUT2D eigenvalue weighted by Gasteiger charge is 2.12. The Morgan fingerprint density at radius 3 is 2.75 bits per heavy atom. The van der Waals surface area contributed by atoms with Gasteiger partial charge in [-0.25, -0.2) is 0 Å². The maximum atomic E-state index is 11.8. The van der Waals surface area contributed by atoms with E-state index in [-0.39, 0.29) is 5.78 Å². The second-order valence-electron chi connectivity index (χ2n) is 3.25. The van der Waals surface area contributed by atoms with Crippen LogP contribution >= 0.6 is 0 Å². The summed E-state index contributed by atoms with van der Waals surface area (Å²) in [4.78, 5) is 11.8. The summed E-state index contributed by atoms with van der Waals surface area (Å²) >= 11 is 0. The molecule has 0 saturated carbocycles. The first-order chi connectivity index (χ1) is 7.72. The average Bonchev–Trinajstić information content (AvgIpc) is 2.29. The fourth-order valence-corrected chi connectivity index (χ4v) is 1.39. The third-order valence-electron chi connectivity index (χ3n) is 2.13. The lowest BCUT2D eigenvalue weighted by Crippen LogP contribution is -2.19.